The van der Waals surface area contributed by atoms with Crippen molar-refractivity contribution in [3.63, 3.8) is 0 Å². The molecule has 0 radical (unpaired) electrons. The van der Waals surface area contributed by atoms with Gasteiger partial charge in [-0.2, -0.15) is 9.97 Å². The first-order valence-corrected chi connectivity index (χ1v) is 20.6. The van der Waals surface area contributed by atoms with Crippen LogP contribution in [0, 0.1) is 23.7 Å². The van der Waals surface area contributed by atoms with Crippen molar-refractivity contribution in [2.24, 2.45) is 5.73 Å². The minimum Gasteiger partial charge on any atom is -0.468 e. The predicted molar refractivity (Wildman–Crippen MR) is 240 cm³/mol. The summed E-state index contributed by atoms with van der Waals surface area (Å²) in [5.74, 6) is 9.20. The Labute approximate surface area is 385 Å². The molecule has 4 saturated heterocycles. The van der Waals surface area contributed by atoms with E-state index < -0.39 is 34.9 Å². The number of ether oxygens (including phenoxy) is 5. The van der Waals surface area contributed by atoms with Gasteiger partial charge >= 0.3 is 5.97 Å². The fourth-order valence-corrected chi connectivity index (χ4v) is 6.52. The number of likely N-dealkylation sites (tertiary alicyclic amines) is 2. The molecule has 0 unspecified atom stereocenters. The Morgan fingerprint density at radius 3 is 1.52 bits per heavy atom. The van der Waals surface area contributed by atoms with Gasteiger partial charge in [0.1, 0.15) is 23.6 Å². The molecule has 0 saturated carbocycles. The molecule has 12 N–H and O–H groups in total. The third-order valence-corrected chi connectivity index (χ3v) is 10.4. The number of hydrogen-bond donors (Lipinski definition) is 7. The van der Waals surface area contributed by atoms with Crippen molar-refractivity contribution in [1.29, 1.82) is 0 Å². The predicted octanol–water partition coefficient (Wildman–Crippen LogP) is -0.0577. The smallest absolute Gasteiger partial charge is 0.359 e. The molecule has 6 heterocycles. The number of carbonyl (C=O) groups excluding carboxylic acids is 4. The number of primary amides is 1. The van der Waals surface area contributed by atoms with Crippen LogP contribution in [0.3, 0.4) is 0 Å². The van der Waals surface area contributed by atoms with E-state index in [0.29, 0.717) is 61.8 Å². The summed E-state index contributed by atoms with van der Waals surface area (Å²) >= 11 is 0. The summed E-state index contributed by atoms with van der Waals surface area (Å²) < 4.78 is 26.8. The van der Waals surface area contributed by atoms with Crippen LogP contribution in [0.5, 0.6) is 11.8 Å². The normalized spacial score (nSPS) is 19.6. The highest BCUT2D eigenvalue weighted by Gasteiger charge is 2.43. The number of likely N-dealkylation sites (N-methyl/N-ethyl adjacent to an activating group) is 2. The number of aromatic nitrogens is 4. The number of carbonyl (C=O) groups is 4. The Hall–Kier alpha value is -7.44. The molecular formula is C45H52N10O12. The summed E-state index contributed by atoms with van der Waals surface area (Å²) in [4.78, 5) is 68.6. The lowest BCUT2D eigenvalue weighted by Gasteiger charge is -2.27. The number of rotatable bonds is 9. The highest BCUT2D eigenvalue weighted by molar-refractivity contribution is 5.97. The summed E-state index contributed by atoms with van der Waals surface area (Å²) in [5.41, 5.74) is 15.9. The van der Waals surface area contributed by atoms with Crippen LogP contribution in [0.25, 0.3) is 22.8 Å². The van der Waals surface area contributed by atoms with Crippen LogP contribution in [0.15, 0.2) is 48.5 Å². The molecule has 2 aromatic carbocycles. The maximum atomic E-state index is 12.4. The van der Waals surface area contributed by atoms with Gasteiger partial charge in [0.2, 0.25) is 23.0 Å². The van der Waals surface area contributed by atoms with E-state index in [0.717, 1.165) is 7.11 Å². The number of nitrogens with two attached hydrogens (primary N) is 3. The molecular weight excluding hydrogens is 873 g/mol. The summed E-state index contributed by atoms with van der Waals surface area (Å²) in [6.07, 6.45) is 0.0461. The molecule has 22 heteroatoms. The number of benzene rings is 2. The van der Waals surface area contributed by atoms with E-state index in [1.807, 2.05) is 0 Å². The van der Waals surface area contributed by atoms with Crippen molar-refractivity contribution in [1.82, 2.24) is 35.9 Å². The second kappa shape index (κ2) is 21.7. The average molecular weight is 925 g/mol. The van der Waals surface area contributed by atoms with Crippen molar-refractivity contribution in [2.75, 3.05) is 78.8 Å². The van der Waals surface area contributed by atoms with Gasteiger partial charge in [-0.1, -0.05) is 47.9 Å². The molecule has 354 valence electrons. The van der Waals surface area contributed by atoms with Crippen LogP contribution < -0.4 is 32.8 Å². The molecule has 0 aliphatic carbocycles. The summed E-state index contributed by atoms with van der Waals surface area (Å²) in [6.45, 7) is 4.31. The van der Waals surface area contributed by atoms with Gasteiger partial charge in [0.15, 0.2) is 23.0 Å². The SMILES string of the molecule is CCOC(=O)c1nc(-c2cccc(C#C[C@]3(O)CCN(C)C3=O)c2)nc(OC2COC2)c1N.CN1CC[C@@](O)(C#Cc2cccc(-c3nc(OC4COC4)c(N)c(C(N)=O)n3)c2)C1=O.CO.N. The number of anilines is 2. The van der Waals surface area contributed by atoms with Crippen molar-refractivity contribution >= 4 is 35.1 Å². The number of aliphatic hydroxyl groups is 3. The van der Waals surface area contributed by atoms with Crippen LogP contribution in [0.2, 0.25) is 0 Å². The molecule has 0 bridgehead atoms. The largest absolute Gasteiger partial charge is 0.468 e. The molecule has 0 spiro atoms. The van der Waals surface area contributed by atoms with Gasteiger partial charge in [0, 0.05) is 69.4 Å². The van der Waals surface area contributed by atoms with Crippen molar-refractivity contribution in [3.05, 3.63) is 71.0 Å². The fraction of sp³-hybridized carbons (Fsp3) is 0.378. The molecule has 8 rings (SSSR count). The number of esters is 1. The van der Waals surface area contributed by atoms with E-state index in [-0.39, 0.29) is 84.0 Å². The van der Waals surface area contributed by atoms with Gasteiger partial charge < -0.3 is 72.2 Å². The highest BCUT2D eigenvalue weighted by atomic mass is 16.6. The van der Waals surface area contributed by atoms with E-state index in [9.17, 15) is 29.4 Å². The first-order chi connectivity index (χ1) is 31.6. The maximum absolute atomic E-state index is 12.4. The maximum Gasteiger partial charge on any atom is 0.359 e. The number of hydrogen-bond acceptors (Lipinski definition) is 19. The third-order valence-electron chi connectivity index (χ3n) is 10.4. The minimum atomic E-state index is -1.70. The van der Waals surface area contributed by atoms with Gasteiger partial charge in [-0.05, 0) is 31.2 Å². The lowest BCUT2D eigenvalue weighted by Crippen LogP contribution is -2.39. The highest BCUT2D eigenvalue weighted by Crippen LogP contribution is 2.31. The first kappa shape index (κ1) is 50.6. The van der Waals surface area contributed by atoms with Crippen LogP contribution in [-0.4, -0.2) is 159 Å². The van der Waals surface area contributed by atoms with Gasteiger partial charge in [-0.25, -0.2) is 14.8 Å². The lowest BCUT2D eigenvalue weighted by molar-refractivity contribution is -0.138. The van der Waals surface area contributed by atoms with Crippen molar-refractivity contribution in [3.8, 4) is 58.2 Å². The Morgan fingerprint density at radius 2 is 1.16 bits per heavy atom. The molecule has 4 aliphatic rings. The zero-order valence-electron chi connectivity index (χ0n) is 37.3. The second-order valence-corrected chi connectivity index (χ2v) is 15.2. The zero-order chi connectivity index (χ0) is 47.8. The molecule has 22 nitrogen and oxygen atoms in total. The van der Waals surface area contributed by atoms with E-state index in [4.69, 9.17) is 46.0 Å². The monoisotopic (exact) mass is 924 g/mol. The van der Waals surface area contributed by atoms with E-state index in [1.165, 1.54) is 9.80 Å². The van der Waals surface area contributed by atoms with Gasteiger partial charge in [-0.3, -0.25) is 14.4 Å². The summed E-state index contributed by atoms with van der Waals surface area (Å²) in [7, 11) is 4.24. The van der Waals surface area contributed by atoms with E-state index in [1.54, 1.807) is 69.6 Å². The topological polar surface area (TPSA) is 346 Å². The third kappa shape index (κ3) is 11.5. The van der Waals surface area contributed by atoms with E-state index >= 15 is 0 Å². The second-order valence-electron chi connectivity index (χ2n) is 15.2. The van der Waals surface area contributed by atoms with Crippen LogP contribution in [-0.2, 0) is 23.8 Å². The number of nitrogen functional groups attached to an aromatic ring is 2. The summed E-state index contributed by atoms with van der Waals surface area (Å²) in [5, 5.41) is 28.0. The van der Waals surface area contributed by atoms with Crippen LogP contribution >= 0.6 is 0 Å². The van der Waals surface area contributed by atoms with Crippen LogP contribution in [0.1, 0.15) is 51.9 Å². The molecule has 4 fully saturated rings. The van der Waals surface area contributed by atoms with Crippen molar-refractivity contribution < 1.29 is 58.2 Å². The fourth-order valence-electron chi connectivity index (χ4n) is 6.52. The number of nitrogens with zero attached hydrogens (tertiary/aromatic N) is 6. The lowest BCUT2D eigenvalue weighted by atomic mass is 10.0. The van der Waals surface area contributed by atoms with Gasteiger partial charge in [-0.15, -0.1) is 0 Å². The van der Waals surface area contributed by atoms with Crippen molar-refractivity contribution in [2.45, 2.75) is 43.2 Å². The molecule has 2 atom stereocenters. The minimum absolute atomic E-state index is 0. The Kier molecular flexibility index (Phi) is 16.4. The molecule has 67 heavy (non-hydrogen) atoms. The Morgan fingerprint density at radius 1 is 0.746 bits per heavy atom. The molecule has 4 aromatic rings. The number of aliphatic hydroxyl groups excluding tert-OH is 1. The average Bonchev–Trinajstić information content (AvgIpc) is 3.70. The van der Waals surface area contributed by atoms with Gasteiger partial charge in [0.25, 0.3) is 17.7 Å². The molecule has 4 aliphatic heterocycles. The number of amides is 3. The standard InChI is InChI=1S/C23H24N4O6.C21H21N5O5.CH4O.H3N/c1-3-32-21(28)18-17(24)20(33-16-12-31-13-16)26-19(25-18)15-6-4-5-14(11-15)7-8-23(30)9-10-27(2)22(23)29;1-26-8-7-21(29,20(26)28)6-5-12-3-2-4-13(9-12)18-24-16(17(23)27)15(22)19(25-18)31-14-10-30-11-14;1-2;/h4-6,11,16,30H,3,9-10,12-13,24H2,1-2H3;2-4,9,14,29H,7-8,10-11,22H2,1H3,(H2,23,27);2H,1H3;1H3/t23-;21-;;/m00../s1. The first-order valence-electron chi connectivity index (χ1n) is 20.6. The van der Waals surface area contributed by atoms with Gasteiger partial charge in [0.05, 0.1) is 33.0 Å². The molecule has 3 amide bonds. The summed E-state index contributed by atoms with van der Waals surface area (Å²) in [6, 6.07) is 13.7. The quantitative estimate of drug-likeness (QED) is 0.0854. The van der Waals surface area contributed by atoms with E-state index in [2.05, 4.69) is 43.6 Å². The Balaban J connectivity index is 0.000000239. The zero-order valence-corrected chi connectivity index (χ0v) is 37.3. The molecule has 2 aromatic heterocycles. The van der Waals surface area contributed by atoms with Crippen LogP contribution in [0.4, 0.5) is 11.4 Å². The Bertz CT molecular complexity index is 2640.